The summed E-state index contributed by atoms with van der Waals surface area (Å²) in [4.78, 5) is 12.3. The maximum atomic E-state index is 12.5. The second-order valence-electron chi connectivity index (χ2n) is 6.66. The van der Waals surface area contributed by atoms with Gasteiger partial charge in [-0.15, -0.1) is 0 Å². The first-order valence-electron chi connectivity index (χ1n) is 8.54. The highest BCUT2D eigenvalue weighted by atomic mass is 32.2. The Kier molecular flexibility index (Phi) is 5.29. The molecule has 1 aliphatic rings. The van der Waals surface area contributed by atoms with E-state index in [-0.39, 0.29) is 10.8 Å². The topological polar surface area (TPSA) is 87.3 Å². The Bertz CT molecular complexity index is 904. The second kappa shape index (κ2) is 7.47. The fourth-order valence-electron chi connectivity index (χ4n) is 2.62. The summed E-state index contributed by atoms with van der Waals surface area (Å²) in [6.07, 6.45) is 0. The number of aryl methyl sites for hydroxylation is 2. The minimum Gasteiger partial charge on any atom is -0.352 e. The van der Waals surface area contributed by atoms with E-state index in [1.54, 1.807) is 42.5 Å². The maximum absolute atomic E-state index is 12.5. The lowest BCUT2D eigenvalue weighted by Gasteiger charge is -2.27. The average Bonchev–Trinajstić information content (AvgIpc) is 2.56. The molecule has 1 heterocycles. The molecule has 0 saturated carbocycles. The van der Waals surface area contributed by atoms with Gasteiger partial charge < -0.3 is 10.6 Å². The van der Waals surface area contributed by atoms with Crippen molar-refractivity contribution in [3.8, 4) is 0 Å². The molecule has 1 aliphatic heterocycles. The number of benzene rings is 2. The van der Waals surface area contributed by atoms with Crippen molar-refractivity contribution in [3.05, 3.63) is 59.2 Å². The fourth-order valence-corrected chi connectivity index (χ4v) is 3.76. The molecule has 1 saturated heterocycles. The van der Waals surface area contributed by atoms with Gasteiger partial charge in [0.2, 0.25) is 0 Å². The van der Waals surface area contributed by atoms with Gasteiger partial charge in [0.25, 0.3) is 15.9 Å². The quantitative estimate of drug-likeness (QED) is 0.723. The number of carbonyl (C=O) groups excluding carboxylic acids is 1. The van der Waals surface area contributed by atoms with Crippen molar-refractivity contribution >= 4 is 21.6 Å². The molecule has 138 valence electrons. The highest BCUT2D eigenvalue weighted by Crippen LogP contribution is 2.19. The molecule has 0 aliphatic carbocycles. The van der Waals surface area contributed by atoms with Crippen LogP contribution in [0.3, 0.4) is 0 Å². The predicted octanol–water partition coefficient (Wildman–Crippen LogP) is 2.05. The molecular formula is C19H23N3O3S. The van der Waals surface area contributed by atoms with Gasteiger partial charge in [-0.2, -0.15) is 0 Å². The van der Waals surface area contributed by atoms with Crippen LogP contribution in [0.4, 0.5) is 5.69 Å². The second-order valence-corrected chi connectivity index (χ2v) is 8.35. The first kappa shape index (κ1) is 18.4. The zero-order chi connectivity index (χ0) is 18.7. The third-order valence-electron chi connectivity index (χ3n) is 4.61. The summed E-state index contributed by atoms with van der Waals surface area (Å²) in [5.41, 5.74) is 2.88. The van der Waals surface area contributed by atoms with Crippen LogP contribution in [-0.2, 0) is 10.0 Å². The van der Waals surface area contributed by atoms with E-state index in [9.17, 15) is 13.2 Å². The molecule has 0 aromatic heterocycles. The van der Waals surface area contributed by atoms with Gasteiger partial charge in [-0.3, -0.25) is 9.52 Å². The van der Waals surface area contributed by atoms with Crippen molar-refractivity contribution in [2.45, 2.75) is 18.7 Å². The lowest BCUT2D eigenvalue weighted by Crippen LogP contribution is -2.48. The summed E-state index contributed by atoms with van der Waals surface area (Å²) in [6.45, 7) is 6.32. The normalized spacial score (nSPS) is 14.5. The van der Waals surface area contributed by atoms with Crippen LogP contribution in [0.25, 0.3) is 0 Å². The van der Waals surface area contributed by atoms with Crippen molar-refractivity contribution in [1.82, 2.24) is 10.6 Å². The third-order valence-corrected chi connectivity index (χ3v) is 5.98. The van der Waals surface area contributed by atoms with E-state index in [0.29, 0.717) is 23.7 Å². The van der Waals surface area contributed by atoms with E-state index in [2.05, 4.69) is 15.4 Å². The van der Waals surface area contributed by atoms with Crippen molar-refractivity contribution in [2.75, 3.05) is 24.4 Å². The van der Waals surface area contributed by atoms with Gasteiger partial charge in [0.15, 0.2) is 0 Å². The van der Waals surface area contributed by atoms with Crippen molar-refractivity contribution < 1.29 is 13.2 Å². The first-order valence-corrected chi connectivity index (χ1v) is 10.0. The first-order chi connectivity index (χ1) is 12.3. The van der Waals surface area contributed by atoms with Crippen LogP contribution in [0, 0.1) is 19.8 Å². The molecule has 1 fully saturated rings. The smallest absolute Gasteiger partial charge is 0.261 e. The molecule has 0 radical (unpaired) electrons. The highest BCUT2D eigenvalue weighted by Gasteiger charge is 2.18. The molecule has 3 N–H and O–H groups in total. The van der Waals surface area contributed by atoms with Crippen LogP contribution in [0.15, 0.2) is 47.4 Å². The van der Waals surface area contributed by atoms with Gasteiger partial charge in [0, 0.05) is 36.8 Å². The largest absolute Gasteiger partial charge is 0.352 e. The van der Waals surface area contributed by atoms with Gasteiger partial charge >= 0.3 is 0 Å². The lowest BCUT2D eigenvalue weighted by molar-refractivity contribution is 0.0942. The Morgan fingerprint density at radius 3 is 2.35 bits per heavy atom. The van der Waals surface area contributed by atoms with Gasteiger partial charge in [0.05, 0.1) is 4.90 Å². The molecule has 26 heavy (non-hydrogen) atoms. The van der Waals surface area contributed by atoms with Gasteiger partial charge in [-0.1, -0.05) is 6.07 Å². The van der Waals surface area contributed by atoms with Crippen molar-refractivity contribution in [1.29, 1.82) is 0 Å². The molecule has 1 amide bonds. The fraction of sp³-hybridized carbons (Fsp3) is 0.316. The lowest BCUT2D eigenvalue weighted by atomic mass is 10.0. The molecule has 0 unspecified atom stereocenters. The summed E-state index contributed by atoms with van der Waals surface area (Å²) in [6, 6.07) is 11.4. The molecule has 2 aromatic rings. The standard InChI is InChI=1S/C19H23N3O3S/c1-13-3-8-18(9-14(13)2)26(24,25)22-17-6-4-16(5-7-17)19(23)21-12-15-10-20-11-15/h3-9,15,20,22H,10-12H2,1-2H3,(H,21,23). The Morgan fingerprint density at radius 1 is 1.08 bits per heavy atom. The SMILES string of the molecule is Cc1ccc(S(=O)(=O)Nc2ccc(C(=O)NCC3CNC3)cc2)cc1C. The van der Waals surface area contributed by atoms with Crippen LogP contribution < -0.4 is 15.4 Å². The zero-order valence-electron chi connectivity index (χ0n) is 14.9. The van der Waals surface area contributed by atoms with E-state index in [1.165, 1.54) is 0 Å². The van der Waals surface area contributed by atoms with Crippen LogP contribution in [0.5, 0.6) is 0 Å². The molecule has 2 aromatic carbocycles. The van der Waals surface area contributed by atoms with E-state index in [4.69, 9.17) is 0 Å². The molecule has 0 spiro atoms. The Labute approximate surface area is 154 Å². The van der Waals surface area contributed by atoms with Crippen molar-refractivity contribution in [2.24, 2.45) is 5.92 Å². The van der Waals surface area contributed by atoms with Gasteiger partial charge in [-0.05, 0) is 61.4 Å². The molecule has 0 bridgehead atoms. The summed E-state index contributed by atoms with van der Waals surface area (Å²) in [7, 11) is -3.66. The van der Waals surface area contributed by atoms with Crippen LogP contribution in [0.1, 0.15) is 21.5 Å². The number of carbonyl (C=O) groups is 1. The van der Waals surface area contributed by atoms with Crippen LogP contribution in [0.2, 0.25) is 0 Å². The number of hydrogen-bond acceptors (Lipinski definition) is 4. The van der Waals surface area contributed by atoms with E-state index in [1.807, 2.05) is 13.8 Å². The number of amides is 1. The molecule has 0 atom stereocenters. The third kappa shape index (κ3) is 4.23. The Balaban J connectivity index is 1.65. The number of anilines is 1. The summed E-state index contributed by atoms with van der Waals surface area (Å²) in [5.74, 6) is 0.337. The molecule has 3 rings (SSSR count). The number of sulfonamides is 1. The maximum Gasteiger partial charge on any atom is 0.261 e. The van der Waals surface area contributed by atoms with Crippen molar-refractivity contribution in [3.63, 3.8) is 0 Å². The minimum atomic E-state index is -3.66. The summed E-state index contributed by atoms with van der Waals surface area (Å²) < 4.78 is 27.6. The van der Waals surface area contributed by atoms with E-state index in [0.717, 1.165) is 24.2 Å². The highest BCUT2D eigenvalue weighted by molar-refractivity contribution is 7.92. The minimum absolute atomic E-state index is 0.152. The average molecular weight is 373 g/mol. The van der Waals surface area contributed by atoms with E-state index < -0.39 is 10.0 Å². The van der Waals surface area contributed by atoms with Crippen LogP contribution in [-0.4, -0.2) is 34.0 Å². The predicted molar refractivity (Wildman–Crippen MR) is 102 cm³/mol. The molecule has 6 nitrogen and oxygen atoms in total. The molecule has 7 heteroatoms. The number of hydrogen-bond donors (Lipinski definition) is 3. The van der Waals surface area contributed by atoms with Gasteiger partial charge in [-0.25, -0.2) is 8.42 Å². The van der Waals surface area contributed by atoms with Crippen LogP contribution >= 0.6 is 0 Å². The summed E-state index contributed by atoms with van der Waals surface area (Å²) in [5, 5.41) is 6.05. The summed E-state index contributed by atoms with van der Waals surface area (Å²) >= 11 is 0. The number of nitrogens with one attached hydrogen (secondary N) is 3. The number of rotatable bonds is 6. The Hall–Kier alpha value is -2.38. The Morgan fingerprint density at radius 2 is 1.77 bits per heavy atom. The van der Waals surface area contributed by atoms with Gasteiger partial charge in [0.1, 0.15) is 0 Å². The zero-order valence-corrected chi connectivity index (χ0v) is 15.7. The molecular weight excluding hydrogens is 350 g/mol. The van der Waals surface area contributed by atoms with E-state index >= 15 is 0 Å². The monoisotopic (exact) mass is 373 g/mol.